The number of ether oxygens (including phenoxy) is 2. The Labute approximate surface area is 193 Å². The number of hydrogen-bond acceptors (Lipinski definition) is 4. The zero-order chi connectivity index (χ0) is 23.5. The van der Waals surface area contributed by atoms with Crippen molar-refractivity contribution in [3.8, 4) is 0 Å². The number of unbranched alkanes of at least 4 members (excludes halogenated alkanes) is 10. The van der Waals surface area contributed by atoms with E-state index in [1.807, 2.05) is 6.92 Å². The number of hydrogen-bond donors (Lipinski definition) is 0. The van der Waals surface area contributed by atoms with Crippen LogP contribution in [0.3, 0.4) is 0 Å². The molecule has 184 valence electrons. The lowest BCUT2D eigenvalue weighted by Gasteiger charge is -2.19. The molecule has 2 atom stereocenters. The predicted octanol–water partition coefficient (Wildman–Crippen LogP) is 7.73. The van der Waals surface area contributed by atoms with Gasteiger partial charge in [0.1, 0.15) is 0 Å². The van der Waals surface area contributed by atoms with Crippen LogP contribution in [0, 0.1) is 23.7 Å². The molecule has 0 aliphatic rings. The molecule has 0 bridgehead atoms. The van der Waals surface area contributed by atoms with E-state index in [2.05, 4.69) is 34.6 Å². The van der Waals surface area contributed by atoms with Gasteiger partial charge in [-0.15, -0.1) is 0 Å². The van der Waals surface area contributed by atoms with E-state index in [0.29, 0.717) is 37.4 Å². The van der Waals surface area contributed by atoms with Crippen molar-refractivity contribution in [2.45, 2.75) is 125 Å². The van der Waals surface area contributed by atoms with Gasteiger partial charge in [0.25, 0.3) is 0 Å². The van der Waals surface area contributed by atoms with Crippen molar-refractivity contribution in [1.29, 1.82) is 0 Å². The highest BCUT2D eigenvalue weighted by Crippen LogP contribution is 2.21. The SMILES string of the molecule is CC(C)COC(=O)CCCCCCCCCCCCCC(C)C(C)C(=O)OCC(C)C. The summed E-state index contributed by atoms with van der Waals surface area (Å²) in [6.45, 7) is 13.5. The van der Waals surface area contributed by atoms with Crippen LogP contribution in [0.2, 0.25) is 0 Å². The summed E-state index contributed by atoms with van der Waals surface area (Å²) in [4.78, 5) is 23.6. The monoisotopic (exact) mass is 440 g/mol. The average molecular weight is 441 g/mol. The van der Waals surface area contributed by atoms with Gasteiger partial charge in [0.2, 0.25) is 0 Å². The molecule has 0 spiro atoms. The van der Waals surface area contributed by atoms with E-state index >= 15 is 0 Å². The van der Waals surface area contributed by atoms with Gasteiger partial charge in [0.15, 0.2) is 0 Å². The maximum Gasteiger partial charge on any atom is 0.308 e. The van der Waals surface area contributed by atoms with Crippen LogP contribution in [0.25, 0.3) is 0 Å². The van der Waals surface area contributed by atoms with Crippen molar-refractivity contribution in [3.05, 3.63) is 0 Å². The van der Waals surface area contributed by atoms with Crippen LogP contribution in [-0.2, 0) is 19.1 Å². The molecule has 0 aliphatic heterocycles. The van der Waals surface area contributed by atoms with Crippen LogP contribution in [0.15, 0.2) is 0 Å². The fraction of sp³-hybridized carbons (Fsp3) is 0.926. The van der Waals surface area contributed by atoms with Gasteiger partial charge in [-0.2, -0.15) is 0 Å². The van der Waals surface area contributed by atoms with E-state index in [4.69, 9.17) is 9.47 Å². The van der Waals surface area contributed by atoms with Crippen molar-refractivity contribution in [3.63, 3.8) is 0 Å². The Balaban J connectivity index is 3.43. The van der Waals surface area contributed by atoms with Gasteiger partial charge in [0, 0.05) is 6.42 Å². The second-order valence-electron chi connectivity index (χ2n) is 10.3. The molecule has 0 rings (SSSR count). The fourth-order valence-corrected chi connectivity index (χ4v) is 3.52. The summed E-state index contributed by atoms with van der Waals surface area (Å²) in [6.07, 6.45) is 15.4. The molecule has 0 fully saturated rings. The highest BCUT2D eigenvalue weighted by Gasteiger charge is 2.21. The number of carbonyl (C=O) groups excluding carboxylic acids is 2. The van der Waals surface area contributed by atoms with Crippen molar-refractivity contribution in [2.75, 3.05) is 13.2 Å². The molecular formula is C27H52O4. The van der Waals surface area contributed by atoms with E-state index in [1.54, 1.807) is 0 Å². The largest absolute Gasteiger partial charge is 0.465 e. The normalized spacial score (nSPS) is 13.4. The molecule has 0 aromatic rings. The van der Waals surface area contributed by atoms with Gasteiger partial charge in [-0.1, -0.05) is 106 Å². The molecule has 0 saturated carbocycles. The molecule has 0 saturated heterocycles. The third-order valence-corrected chi connectivity index (χ3v) is 5.90. The third-order valence-electron chi connectivity index (χ3n) is 5.90. The summed E-state index contributed by atoms with van der Waals surface area (Å²) in [6, 6.07) is 0. The van der Waals surface area contributed by atoms with Crippen molar-refractivity contribution in [2.24, 2.45) is 23.7 Å². The van der Waals surface area contributed by atoms with E-state index in [1.165, 1.54) is 57.8 Å². The molecule has 0 N–H and O–H groups in total. The molecule has 0 amide bonds. The Hall–Kier alpha value is -1.06. The lowest BCUT2D eigenvalue weighted by atomic mass is 9.90. The average Bonchev–Trinajstić information content (AvgIpc) is 2.72. The van der Waals surface area contributed by atoms with Crippen LogP contribution in [0.1, 0.15) is 125 Å². The number of rotatable bonds is 20. The molecule has 0 radical (unpaired) electrons. The van der Waals surface area contributed by atoms with Crippen molar-refractivity contribution in [1.82, 2.24) is 0 Å². The minimum atomic E-state index is -0.0383. The smallest absolute Gasteiger partial charge is 0.308 e. The van der Waals surface area contributed by atoms with Crippen LogP contribution < -0.4 is 0 Å². The van der Waals surface area contributed by atoms with Gasteiger partial charge in [-0.3, -0.25) is 9.59 Å². The van der Waals surface area contributed by atoms with E-state index in [0.717, 1.165) is 19.3 Å². The maximum atomic E-state index is 12.0. The highest BCUT2D eigenvalue weighted by atomic mass is 16.5. The third kappa shape index (κ3) is 19.4. The summed E-state index contributed by atoms with van der Waals surface area (Å²) >= 11 is 0. The fourth-order valence-electron chi connectivity index (χ4n) is 3.52. The van der Waals surface area contributed by atoms with E-state index < -0.39 is 0 Å². The standard InChI is InChI=1S/C27H52O4/c1-22(2)20-30-26(28)19-17-15-13-11-9-7-8-10-12-14-16-18-24(5)25(6)27(29)31-21-23(3)4/h22-25H,7-21H2,1-6H3. The lowest BCUT2D eigenvalue weighted by molar-refractivity contribution is -0.150. The maximum absolute atomic E-state index is 12.0. The second-order valence-corrected chi connectivity index (χ2v) is 10.3. The number of carbonyl (C=O) groups is 2. The molecule has 4 heteroatoms. The second kappa shape index (κ2) is 19.6. The molecule has 4 nitrogen and oxygen atoms in total. The van der Waals surface area contributed by atoms with Gasteiger partial charge in [0.05, 0.1) is 19.1 Å². The first-order chi connectivity index (χ1) is 14.7. The Kier molecular flexibility index (Phi) is 18.9. The molecule has 0 aromatic heterocycles. The van der Waals surface area contributed by atoms with Crippen LogP contribution >= 0.6 is 0 Å². The topological polar surface area (TPSA) is 52.6 Å². The Morgan fingerprint density at radius 2 is 1.00 bits per heavy atom. The zero-order valence-corrected chi connectivity index (χ0v) is 21.5. The summed E-state index contributed by atoms with van der Waals surface area (Å²) in [5, 5.41) is 0. The Bertz CT molecular complexity index is 445. The summed E-state index contributed by atoms with van der Waals surface area (Å²) < 4.78 is 10.6. The molecule has 0 heterocycles. The summed E-state index contributed by atoms with van der Waals surface area (Å²) in [7, 11) is 0. The zero-order valence-electron chi connectivity index (χ0n) is 21.5. The molecule has 31 heavy (non-hydrogen) atoms. The first-order valence-electron chi connectivity index (χ1n) is 13.1. The molecule has 2 unspecified atom stereocenters. The van der Waals surface area contributed by atoms with Crippen molar-refractivity contribution < 1.29 is 19.1 Å². The molecular weight excluding hydrogens is 388 g/mol. The quantitative estimate of drug-likeness (QED) is 0.143. The predicted molar refractivity (Wildman–Crippen MR) is 130 cm³/mol. The first-order valence-corrected chi connectivity index (χ1v) is 13.1. The summed E-state index contributed by atoms with van der Waals surface area (Å²) in [5.74, 6) is 1.15. The van der Waals surface area contributed by atoms with Gasteiger partial charge in [-0.05, 0) is 30.6 Å². The minimum Gasteiger partial charge on any atom is -0.465 e. The Morgan fingerprint density at radius 1 is 0.581 bits per heavy atom. The summed E-state index contributed by atoms with van der Waals surface area (Å²) in [5.41, 5.74) is 0. The van der Waals surface area contributed by atoms with Crippen LogP contribution in [-0.4, -0.2) is 25.2 Å². The van der Waals surface area contributed by atoms with Gasteiger partial charge in [-0.25, -0.2) is 0 Å². The Morgan fingerprint density at radius 3 is 1.48 bits per heavy atom. The minimum absolute atomic E-state index is 0.00411. The lowest BCUT2D eigenvalue weighted by Crippen LogP contribution is -2.23. The van der Waals surface area contributed by atoms with Gasteiger partial charge < -0.3 is 9.47 Å². The van der Waals surface area contributed by atoms with E-state index in [-0.39, 0.29) is 17.9 Å². The van der Waals surface area contributed by atoms with Gasteiger partial charge >= 0.3 is 11.9 Å². The van der Waals surface area contributed by atoms with E-state index in [9.17, 15) is 9.59 Å². The molecule has 0 aliphatic carbocycles. The van der Waals surface area contributed by atoms with Crippen molar-refractivity contribution >= 4 is 11.9 Å². The highest BCUT2D eigenvalue weighted by molar-refractivity contribution is 5.72. The first kappa shape index (κ1) is 29.9. The molecule has 0 aromatic carbocycles. The van der Waals surface area contributed by atoms with Crippen LogP contribution in [0.4, 0.5) is 0 Å². The number of esters is 2. The van der Waals surface area contributed by atoms with Crippen LogP contribution in [0.5, 0.6) is 0 Å².